The van der Waals surface area contributed by atoms with E-state index < -0.39 is 12.1 Å². The van der Waals surface area contributed by atoms with Gasteiger partial charge >= 0.3 is 0 Å². The molecule has 0 heterocycles. The standard InChI is InChI=1S/C10H14FNO/c1-6-3-4-9(11)8(5-6)10(12)7(2)13/h3-5,7,10,13H,12H2,1-2H3/t7-,10+/m0/s1. The highest BCUT2D eigenvalue weighted by atomic mass is 19.1. The summed E-state index contributed by atoms with van der Waals surface area (Å²) in [5, 5.41) is 9.20. The maximum Gasteiger partial charge on any atom is 0.128 e. The molecule has 0 aliphatic rings. The second kappa shape index (κ2) is 3.85. The first kappa shape index (κ1) is 10.2. The van der Waals surface area contributed by atoms with Gasteiger partial charge < -0.3 is 10.8 Å². The summed E-state index contributed by atoms with van der Waals surface area (Å²) in [5.41, 5.74) is 6.93. The minimum absolute atomic E-state index is 0.362. The maximum absolute atomic E-state index is 13.2. The summed E-state index contributed by atoms with van der Waals surface area (Å²) < 4.78 is 13.2. The summed E-state index contributed by atoms with van der Waals surface area (Å²) in [7, 11) is 0. The number of rotatable bonds is 2. The SMILES string of the molecule is Cc1ccc(F)c([C@H](N)[C@H](C)O)c1. The largest absolute Gasteiger partial charge is 0.391 e. The van der Waals surface area contributed by atoms with Crippen molar-refractivity contribution in [2.24, 2.45) is 5.73 Å². The van der Waals surface area contributed by atoms with Crippen LogP contribution in [0, 0.1) is 12.7 Å². The molecule has 0 saturated carbocycles. The lowest BCUT2D eigenvalue weighted by Crippen LogP contribution is -2.24. The molecule has 3 N–H and O–H groups in total. The molecule has 13 heavy (non-hydrogen) atoms. The van der Waals surface area contributed by atoms with Gasteiger partial charge in [-0.25, -0.2) is 4.39 Å². The Labute approximate surface area is 77.2 Å². The summed E-state index contributed by atoms with van der Waals surface area (Å²) in [6.45, 7) is 3.41. The van der Waals surface area contributed by atoms with Crippen LogP contribution in [-0.2, 0) is 0 Å². The Hall–Kier alpha value is -0.930. The Balaban J connectivity index is 3.05. The predicted molar refractivity (Wildman–Crippen MR) is 49.7 cm³/mol. The van der Waals surface area contributed by atoms with E-state index in [0.29, 0.717) is 5.56 Å². The van der Waals surface area contributed by atoms with Crippen molar-refractivity contribution in [1.82, 2.24) is 0 Å². The molecule has 1 rings (SSSR count). The van der Waals surface area contributed by atoms with E-state index in [0.717, 1.165) is 5.56 Å². The van der Waals surface area contributed by atoms with E-state index in [-0.39, 0.29) is 5.82 Å². The number of nitrogens with two attached hydrogens (primary N) is 1. The first-order valence-electron chi connectivity index (χ1n) is 4.22. The number of aliphatic hydroxyl groups excluding tert-OH is 1. The van der Waals surface area contributed by atoms with Crippen molar-refractivity contribution in [3.05, 3.63) is 35.1 Å². The van der Waals surface area contributed by atoms with Gasteiger partial charge in [0.25, 0.3) is 0 Å². The average Bonchev–Trinajstić information content (AvgIpc) is 2.08. The van der Waals surface area contributed by atoms with Crippen molar-refractivity contribution in [3.8, 4) is 0 Å². The Kier molecular flexibility index (Phi) is 3.01. The van der Waals surface area contributed by atoms with E-state index in [4.69, 9.17) is 5.73 Å². The van der Waals surface area contributed by atoms with Gasteiger partial charge in [-0.3, -0.25) is 0 Å². The van der Waals surface area contributed by atoms with Crippen LogP contribution in [0.3, 0.4) is 0 Å². The molecule has 0 radical (unpaired) electrons. The van der Waals surface area contributed by atoms with Gasteiger partial charge in [0.15, 0.2) is 0 Å². The molecule has 72 valence electrons. The lowest BCUT2D eigenvalue weighted by atomic mass is 10.0. The summed E-state index contributed by atoms with van der Waals surface area (Å²) >= 11 is 0. The highest BCUT2D eigenvalue weighted by Crippen LogP contribution is 2.19. The van der Waals surface area contributed by atoms with Gasteiger partial charge in [0.2, 0.25) is 0 Å². The molecule has 0 aliphatic carbocycles. The van der Waals surface area contributed by atoms with E-state index in [2.05, 4.69) is 0 Å². The van der Waals surface area contributed by atoms with E-state index in [9.17, 15) is 9.50 Å². The Morgan fingerprint density at radius 2 is 2.08 bits per heavy atom. The molecule has 0 saturated heterocycles. The Morgan fingerprint density at radius 3 is 2.62 bits per heavy atom. The summed E-state index contributed by atoms with van der Waals surface area (Å²) in [4.78, 5) is 0. The zero-order valence-corrected chi connectivity index (χ0v) is 7.79. The smallest absolute Gasteiger partial charge is 0.128 e. The molecule has 1 aromatic carbocycles. The van der Waals surface area contributed by atoms with Gasteiger partial charge in [-0.15, -0.1) is 0 Å². The minimum atomic E-state index is -0.740. The first-order valence-corrected chi connectivity index (χ1v) is 4.22. The third-order valence-corrected chi connectivity index (χ3v) is 2.03. The number of hydrogen-bond acceptors (Lipinski definition) is 2. The third-order valence-electron chi connectivity index (χ3n) is 2.03. The Morgan fingerprint density at radius 1 is 1.46 bits per heavy atom. The number of aryl methyl sites for hydroxylation is 1. The van der Waals surface area contributed by atoms with Crippen LogP contribution in [0.2, 0.25) is 0 Å². The zero-order chi connectivity index (χ0) is 10.0. The molecule has 0 bridgehead atoms. The number of halogens is 1. The van der Waals surface area contributed by atoms with Crippen LogP contribution in [0.15, 0.2) is 18.2 Å². The van der Waals surface area contributed by atoms with Gasteiger partial charge in [-0.2, -0.15) is 0 Å². The van der Waals surface area contributed by atoms with E-state index in [1.54, 1.807) is 19.1 Å². The molecule has 3 heteroatoms. The highest BCUT2D eigenvalue weighted by Gasteiger charge is 2.15. The molecule has 0 unspecified atom stereocenters. The van der Waals surface area contributed by atoms with E-state index in [1.165, 1.54) is 6.07 Å². The van der Waals surface area contributed by atoms with Gasteiger partial charge in [-0.1, -0.05) is 17.7 Å². The summed E-state index contributed by atoms with van der Waals surface area (Å²) in [6, 6.07) is 4.05. The summed E-state index contributed by atoms with van der Waals surface area (Å²) in [5.74, 6) is -0.362. The number of benzene rings is 1. The third kappa shape index (κ3) is 2.26. The Bertz CT molecular complexity index is 299. The van der Waals surface area contributed by atoms with Gasteiger partial charge in [0.1, 0.15) is 5.82 Å². The lowest BCUT2D eigenvalue weighted by molar-refractivity contribution is 0.162. The molecule has 2 nitrogen and oxygen atoms in total. The monoisotopic (exact) mass is 183 g/mol. The minimum Gasteiger partial charge on any atom is -0.391 e. The number of hydrogen-bond donors (Lipinski definition) is 2. The van der Waals surface area contributed by atoms with Gasteiger partial charge in [0, 0.05) is 5.56 Å². The van der Waals surface area contributed by atoms with Gasteiger partial charge in [0.05, 0.1) is 12.1 Å². The molecule has 0 spiro atoms. The lowest BCUT2D eigenvalue weighted by Gasteiger charge is -2.16. The van der Waals surface area contributed by atoms with Crippen molar-refractivity contribution in [3.63, 3.8) is 0 Å². The van der Waals surface area contributed by atoms with Gasteiger partial charge in [-0.05, 0) is 19.9 Å². The second-order valence-corrected chi connectivity index (χ2v) is 3.29. The van der Waals surface area contributed by atoms with Crippen LogP contribution in [0.25, 0.3) is 0 Å². The zero-order valence-electron chi connectivity index (χ0n) is 7.79. The summed E-state index contributed by atoms with van der Waals surface area (Å²) in [6.07, 6.45) is -0.740. The number of aliphatic hydroxyl groups is 1. The van der Waals surface area contributed by atoms with Crippen molar-refractivity contribution in [2.45, 2.75) is 26.0 Å². The molecular formula is C10H14FNO. The molecular weight excluding hydrogens is 169 g/mol. The van der Waals surface area contributed by atoms with Crippen LogP contribution in [0.5, 0.6) is 0 Å². The topological polar surface area (TPSA) is 46.2 Å². The fourth-order valence-corrected chi connectivity index (χ4v) is 1.18. The molecule has 0 aliphatic heterocycles. The van der Waals surface area contributed by atoms with Crippen molar-refractivity contribution in [2.75, 3.05) is 0 Å². The second-order valence-electron chi connectivity index (χ2n) is 3.29. The highest BCUT2D eigenvalue weighted by molar-refractivity contribution is 5.27. The molecule has 0 fully saturated rings. The maximum atomic E-state index is 13.2. The quantitative estimate of drug-likeness (QED) is 0.730. The normalized spacial score (nSPS) is 15.5. The fraction of sp³-hybridized carbons (Fsp3) is 0.400. The molecule has 1 aromatic rings. The molecule has 2 atom stereocenters. The van der Waals surface area contributed by atoms with E-state index >= 15 is 0 Å². The molecule has 0 aromatic heterocycles. The van der Waals surface area contributed by atoms with Crippen LogP contribution in [0.4, 0.5) is 4.39 Å². The fourth-order valence-electron chi connectivity index (χ4n) is 1.18. The average molecular weight is 183 g/mol. The predicted octanol–water partition coefficient (Wildman–Crippen LogP) is 1.51. The molecule has 0 amide bonds. The van der Waals surface area contributed by atoms with Crippen LogP contribution in [0.1, 0.15) is 24.1 Å². The van der Waals surface area contributed by atoms with Crippen LogP contribution in [-0.4, -0.2) is 11.2 Å². The van der Waals surface area contributed by atoms with Crippen molar-refractivity contribution in [1.29, 1.82) is 0 Å². The van der Waals surface area contributed by atoms with Crippen molar-refractivity contribution >= 4 is 0 Å². The van der Waals surface area contributed by atoms with Crippen molar-refractivity contribution < 1.29 is 9.50 Å². The first-order chi connectivity index (χ1) is 6.02. The van der Waals surface area contributed by atoms with Crippen LogP contribution < -0.4 is 5.73 Å². The van der Waals surface area contributed by atoms with E-state index in [1.807, 2.05) is 6.92 Å². The van der Waals surface area contributed by atoms with Crippen LogP contribution >= 0.6 is 0 Å².